The summed E-state index contributed by atoms with van der Waals surface area (Å²) in [6.07, 6.45) is 0. The van der Waals surface area contributed by atoms with E-state index in [1.807, 2.05) is 11.8 Å². The van der Waals surface area contributed by atoms with E-state index in [9.17, 15) is 18.8 Å². The normalized spacial score (nSPS) is 14.2. The van der Waals surface area contributed by atoms with Gasteiger partial charge in [-0.05, 0) is 32.0 Å². The van der Waals surface area contributed by atoms with Gasteiger partial charge in [-0.2, -0.15) is 0 Å². The minimum Gasteiger partial charge on any atom is -0.366 e. The van der Waals surface area contributed by atoms with Crippen LogP contribution in [0.2, 0.25) is 0 Å². The van der Waals surface area contributed by atoms with Gasteiger partial charge in [0, 0.05) is 37.3 Å². The van der Waals surface area contributed by atoms with Crippen LogP contribution in [0.25, 0.3) is 0 Å². The molecular formula is C21H21FN2O3. The molecule has 0 bridgehead atoms. The van der Waals surface area contributed by atoms with Crippen molar-refractivity contribution in [3.8, 4) is 0 Å². The van der Waals surface area contributed by atoms with E-state index in [0.29, 0.717) is 43.0 Å². The molecule has 27 heavy (non-hydrogen) atoms. The molecule has 0 aliphatic carbocycles. The second-order valence-electron chi connectivity index (χ2n) is 6.70. The Kier molecular flexibility index (Phi) is 5.35. The summed E-state index contributed by atoms with van der Waals surface area (Å²) in [4.78, 5) is 39.5. The van der Waals surface area contributed by atoms with E-state index in [0.717, 1.165) is 5.56 Å². The second kappa shape index (κ2) is 7.70. The smallest absolute Gasteiger partial charge is 0.295 e. The molecule has 1 aliphatic heterocycles. The van der Waals surface area contributed by atoms with Gasteiger partial charge in [-0.25, -0.2) is 4.39 Å². The second-order valence-corrected chi connectivity index (χ2v) is 6.70. The summed E-state index contributed by atoms with van der Waals surface area (Å²) in [5, 5.41) is 0. The molecule has 0 spiro atoms. The molecule has 0 saturated carbocycles. The van der Waals surface area contributed by atoms with Gasteiger partial charge < -0.3 is 9.80 Å². The van der Waals surface area contributed by atoms with Crippen molar-refractivity contribution < 1.29 is 18.8 Å². The number of hydrogen-bond donors (Lipinski definition) is 0. The zero-order chi connectivity index (χ0) is 19.6. The van der Waals surface area contributed by atoms with Crippen molar-refractivity contribution in [2.45, 2.75) is 13.8 Å². The molecule has 0 atom stereocenters. The molecule has 1 heterocycles. The molecule has 1 amide bonds. The maximum atomic E-state index is 14.3. The molecule has 1 saturated heterocycles. The Hall–Kier alpha value is -3.02. The molecule has 0 unspecified atom stereocenters. The number of anilines is 1. The number of piperazine rings is 1. The number of rotatable bonds is 4. The van der Waals surface area contributed by atoms with Gasteiger partial charge in [0.25, 0.3) is 5.91 Å². The maximum absolute atomic E-state index is 14.3. The third-order valence-corrected chi connectivity index (χ3v) is 4.77. The van der Waals surface area contributed by atoms with Crippen LogP contribution in [-0.4, -0.2) is 48.6 Å². The Morgan fingerprint density at radius 2 is 1.48 bits per heavy atom. The Morgan fingerprint density at radius 1 is 0.889 bits per heavy atom. The fourth-order valence-electron chi connectivity index (χ4n) is 3.10. The first kappa shape index (κ1) is 18.8. The van der Waals surface area contributed by atoms with Crippen molar-refractivity contribution in [3.05, 3.63) is 65.0 Å². The van der Waals surface area contributed by atoms with Gasteiger partial charge in [0.1, 0.15) is 5.82 Å². The van der Waals surface area contributed by atoms with Gasteiger partial charge in [0.2, 0.25) is 5.78 Å². The van der Waals surface area contributed by atoms with Crippen LogP contribution in [0.3, 0.4) is 0 Å². The van der Waals surface area contributed by atoms with E-state index in [1.165, 1.54) is 17.9 Å². The van der Waals surface area contributed by atoms with Crippen molar-refractivity contribution in [2.75, 3.05) is 31.1 Å². The molecular weight excluding hydrogens is 347 g/mol. The molecule has 6 heteroatoms. The molecule has 3 rings (SSSR count). The quantitative estimate of drug-likeness (QED) is 0.615. The van der Waals surface area contributed by atoms with Crippen LogP contribution >= 0.6 is 0 Å². The number of ketones is 2. The molecule has 140 valence electrons. The summed E-state index contributed by atoms with van der Waals surface area (Å²) in [5.41, 5.74) is 2.12. The number of Topliss-reactive ketones (excluding diaryl/α,β-unsaturated/α-hetero) is 2. The van der Waals surface area contributed by atoms with Crippen molar-refractivity contribution in [1.29, 1.82) is 0 Å². The highest BCUT2D eigenvalue weighted by Gasteiger charge is 2.27. The van der Waals surface area contributed by atoms with E-state index in [1.54, 1.807) is 36.4 Å². The first-order chi connectivity index (χ1) is 12.9. The van der Waals surface area contributed by atoms with Gasteiger partial charge in [0.15, 0.2) is 5.78 Å². The van der Waals surface area contributed by atoms with E-state index in [2.05, 4.69) is 0 Å². The molecule has 1 aliphatic rings. The van der Waals surface area contributed by atoms with Gasteiger partial charge >= 0.3 is 0 Å². The minimum absolute atomic E-state index is 0.189. The number of hydrogen-bond acceptors (Lipinski definition) is 4. The van der Waals surface area contributed by atoms with Crippen LogP contribution < -0.4 is 4.90 Å². The van der Waals surface area contributed by atoms with Crippen LogP contribution in [0.5, 0.6) is 0 Å². The van der Waals surface area contributed by atoms with Crippen LogP contribution in [-0.2, 0) is 4.79 Å². The summed E-state index contributed by atoms with van der Waals surface area (Å²) < 4.78 is 14.3. The van der Waals surface area contributed by atoms with Gasteiger partial charge in [-0.3, -0.25) is 14.4 Å². The van der Waals surface area contributed by atoms with E-state index in [4.69, 9.17) is 0 Å². The van der Waals surface area contributed by atoms with Crippen LogP contribution in [0, 0.1) is 12.7 Å². The lowest BCUT2D eigenvalue weighted by Gasteiger charge is -2.36. The zero-order valence-corrected chi connectivity index (χ0v) is 15.4. The SMILES string of the molecule is CC(=O)c1ccc(N2CCN(C(=O)C(=O)c3ccc(C)cc3)CC2)c(F)c1. The summed E-state index contributed by atoms with van der Waals surface area (Å²) >= 11 is 0. The van der Waals surface area contributed by atoms with E-state index in [-0.39, 0.29) is 5.78 Å². The van der Waals surface area contributed by atoms with Crippen molar-refractivity contribution in [2.24, 2.45) is 0 Å². The molecule has 2 aromatic carbocycles. The average molecular weight is 368 g/mol. The summed E-state index contributed by atoms with van der Waals surface area (Å²) in [5.74, 6) is -1.71. The lowest BCUT2D eigenvalue weighted by atomic mass is 10.1. The van der Waals surface area contributed by atoms with Crippen molar-refractivity contribution >= 4 is 23.2 Å². The predicted octanol–water partition coefficient (Wildman–Crippen LogP) is 2.87. The van der Waals surface area contributed by atoms with Crippen molar-refractivity contribution in [3.63, 3.8) is 0 Å². The topological polar surface area (TPSA) is 57.7 Å². The predicted molar refractivity (Wildman–Crippen MR) is 101 cm³/mol. The molecule has 0 radical (unpaired) electrons. The lowest BCUT2D eigenvalue weighted by molar-refractivity contribution is -0.126. The lowest BCUT2D eigenvalue weighted by Crippen LogP contribution is -2.50. The van der Waals surface area contributed by atoms with E-state index >= 15 is 0 Å². The highest BCUT2D eigenvalue weighted by atomic mass is 19.1. The first-order valence-corrected chi connectivity index (χ1v) is 8.82. The number of nitrogens with zero attached hydrogens (tertiary/aromatic N) is 2. The Morgan fingerprint density at radius 3 is 2.04 bits per heavy atom. The molecule has 0 N–H and O–H groups in total. The van der Waals surface area contributed by atoms with Crippen molar-refractivity contribution in [1.82, 2.24) is 4.90 Å². The number of carbonyl (C=O) groups is 3. The number of halogens is 1. The third kappa shape index (κ3) is 4.05. The Balaban J connectivity index is 1.65. The van der Waals surface area contributed by atoms with Crippen LogP contribution in [0.4, 0.5) is 10.1 Å². The van der Waals surface area contributed by atoms with E-state index < -0.39 is 17.5 Å². The fraction of sp³-hybridized carbons (Fsp3) is 0.286. The Bertz CT molecular complexity index is 885. The fourth-order valence-corrected chi connectivity index (χ4v) is 3.10. The molecule has 1 fully saturated rings. The number of benzene rings is 2. The number of aryl methyl sites for hydroxylation is 1. The highest BCUT2D eigenvalue weighted by Crippen LogP contribution is 2.22. The van der Waals surface area contributed by atoms with Gasteiger partial charge in [-0.15, -0.1) is 0 Å². The number of amides is 1. The van der Waals surface area contributed by atoms with Gasteiger partial charge in [-0.1, -0.05) is 29.8 Å². The average Bonchev–Trinajstić information content (AvgIpc) is 2.67. The van der Waals surface area contributed by atoms with Crippen LogP contribution in [0.15, 0.2) is 42.5 Å². The zero-order valence-electron chi connectivity index (χ0n) is 15.4. The maximum Gasteiger partial charge on any atom is 0.295 e. The first-order valence-electron chi connectivity index (χ1n) is 8.82. The molecule has 0 aromatic heterocycles. The standard InChI is InChI=1S/C21H21FN2O3/c1-14-3-5-16(6-4-14)20(26)21(27)24-11-9-23(10-12-24)19-8-7-17(15(2)25)13-18(19)22/h3-8,13H,9-12H2,1-2H3. The monoisotopic (exact) mass is 368 g/mol. The van der Waals surface area contributed by atoms with Gasteiger partial charge in [0.05, 0.1) is 5.69 Å². The summed E-state index contributed by atoms with van der Waals surface area (Å²) in [6, 6.07) is 11.3. The minimum atomic E-state index is -0.536. The molecule has 2 aromatic rings. The largest absolute Gasteiger partial charge is 0.366 e. The highest BCUT2D eigenvalue weighted by molar-refractivity contribution is 6.42. The van der Waals surface area contributed by atoms with Crippen LogP contribution in [0.1, 0.15) is 33.2 Å². The molecule has 5 nitrogen and oxygen atoms in total. The summed E-state index contributed by atoms with van der Waals surface area (Å²) in [6.45, 7) is 4.82. The summed E-state index contributed by atoms with van der Waals surface area (Å²) in [7, 11) is 0. The Labute approximate surface area is 157 Å². The number of carbonyl (C=O) groups excluding carboxylic acids is 3. The third-order valence-electron chi connectivity index (χ3n) is 4.77.